The second kappa shape index (κ2) is 7.85. The van der Waals surface area contributed by atoms with E-state index in [-0.39, 0.29) is 5.56 Å². The highest BCUT2D eigenvalue weighted by Gasteiger charge is 2.06. The maximum absolute atomic E-state index is 11.8. The van der Waals surface area contributed by atoms with Crippen LogP contribution in [0.5, 0.6) is 0 Å². The zero-order valence-electron chi connectivity index (χ0n) is 13.3. The van der Waals surface area contributed by atoms with E-state index in [0.717, 1.165) is 23.7 Å². The number of hydrogen-bond donors (Lipinski definition) is 1. The first kappa shape index (κ1) is 17.0. The molecule has 6 heteroatoms. The summed E-state index contributed by atoms with van der Waals surface area (Å²) in [5.74, 6) is 1.92. The van der Waals surface area contributed by atoms with E-state index in [4.69, 9.17) is 0 Å². The van der Waals surface area contributed by atoms with Gasteiger partial charge in [-0.3, -0.25) is 4.79 Å². The second-order valence-electron chi connectivity index (χ2n) is 5.42. The minimum atomic E-state index is -0.136. The van der Waals surface area contributed by atoms with E-state index in [0.29, 0.717) is 4.47 Å². The highest BCUT2D eigenvalue weighted by atomic mass is 79.9. The summed E-state index contributed by atoms with van der Waals surface area (Å²) in [6.45, 7) is 0.781. The van der Waals surface area contributed by atoms with Gasteiger partial charge in [-0.2, -0.15) is 16.9 Å². The maximum atomic E-state index is 11.8. The summed E-state index contributed by atoms with van der Waals surface area (Å²) in [5.41, 5.74) is 1.96. The molecule has 0 saturated carbocycles. The number of aryl methyl sites for hydroxylation is 1. The van der Waals surface area contributed by atoms with Crippen molar-refractivity contribution < 1.29 is 0 Å². The topological polar surface area (TPSA) is 46.9 Å². The summed E-state index contributed by atoms with van der Waals surface area (Å²) >= 11 is 5.19. The summed E-state index contributed by atoms with van der Waals surface area (Å²) in [5, 5.41) is 9.89. The zero-order chi connectivity index (χ0) is 16.9. The molecule has 0 radical (unpaired) electrons. The lowest BCUT2D eigenvalue weighted by molar-refractivity contribution is 0.703. The first-order chi connectivity index (χ1) is 11.7. The molecule has 24 heavy (non-hydrogen) atoms. The van der Waals surface area contributed by atoms with Gasteiger partial charge in [0.1, 0.15) is 4.47 Å². The number of anilines is 1. The molecule has 0 spiro atoms. The molecule has 0 atom stereocenters. The molecule has 0 bridgehead atoms. The largest absolute Gasteiger partial charge is 0.382 e. The summed E-state index contributed by atoms with van der Waals surface area (Å²) in [7, 11) is 1.64. The van der Waals surface area contributed by atoms with Gasteiger partial charge in [0.25, 0.3) is 5.56 Å². The van der Waals surface area contributed by atoms with E-state index in [2.05, 4.69) is 68.8 Å². The summed E-state index contributed by atoms with van der Waals surface area (Å²) < 4.78 is 1.84. The van der Waals surface area contributed by atoms with Gasteiger partial charge in [0, 0.05) is 25.1 Å². The number of nitrogens with zero attached hydrogens (tertiary/aromatic N) is 2. The molecule has 1 N–H and O–H groups in total. The third kappa shape index (κ3) is 3.82. The Morgan fingerprint density at radius 2 is 2.00 bits per heavy atom. The van der Waals surface area contributed by atoms with Crippen LogP contribution in [0.3, 0.4) is 0 Å². The van der Waals surface area contributed by atoms with Crippen molar-refractivity contribution in [3.8, 4) is 0 Å². The second-order valence-corrected chi connectivity index (χ2v) is 7.32. The first-order valence-corrected chi connectivity index (χ1v) is 9.61. The first-order valence-electron chi connectivity index (χ1n) is 7.67. The lowest BCUT2D eigenvalue weighted by atomic mass is 10.1. The highest BCUT2D eigenvalue weighted by molar-refractivity contribution is 9.10. The summed E-state index contributed by atoms with van der Waals surface area (Å²) in [6.07, 6.45) is 1.67. The smallest absolute Gasteiger partial charge is 0.282 e. The highest BCUT2D eigenvalue weighted by Crippen LogP contribution is 2.23. The molecule has 0 aliphatic heterocycles. The normalized spacial score (nSPS) is 10.9. The van der Waals surface area contributed by atoms with Gasteiger partial charge >= 0.3 is 0 Å². The van der Waals surface area contributed by atoms with Crippen molar-refractivity contribution in [2.45, 2.75) is 5.75 Å². The summed E-state index contributed by atoms with van der Waals surface area (Å²) in [6, 6.07) is 14.9. The van der Waals surface area contributed by atoms with Crippen LogP contribution in [0.4, 0.5) is 5.69 Å². The molecule has 1 heterocycles. The Morgan fingerprint density at radius 1 is 1.21 bits per heavy atom. The number of nitrogens with one attached hydrogen (secondary N) is 1. The molecule has 124 valence electrons. The quantitative estimate of drug-likeness (QED) is 0.630. The minimum absolute atomic E-state index is 0.136. The molecule has 0 aliphatic carbocycles. The molecule has 2 aromatic carbocycles. The van der Waals surface area contributed by atoms with Crippen LogP contribution in [-0.4, -0.2) is 22.1 Å². The van der Waals surface area contributed by atoms with Crippen molar-refractivity contribution in [2.24, 2.45) is 7.05 Å². The van der Waals surface area contributed by atoms with Crippen molar-refractivity contribution >= 4 is 44.2 Å². The lowest BCUT2D eigenvalue weighted by Crippen LogP contribution is -2.21. The van der Waals surface area contributed by atoms with E-state index >= 15 is 0 Å². The fourth-order valence-corrected chi connectivity index (χ4v) is 3.85. The van der Waals surface area contributed by atoms with E-state index in [9.17, 15) is 4.79 Å². The van der Waals surface area contributed by atoms with Gasteiger partial charge in [0.15, 0.2) is 0 Å². The van der Waals surface area contributed by atoms with Crippen molar-refractivity contribution in [1.29, 1.82) is 0 Å². The molecular weight excluding hydrogens is 386 g/mol. The summed E-state index contributed by atoms with van der Waals surface area (Å²) in [4.78, 5) is 11.8. The number of hydrogen-bond acceptors (Lipinski definition) is 4. The van der Waals surface area contributed by atoms with Crippen molar-refractivity contribution in [1.82, 2.24) is 9.78 Å². The van der Waals surface area contributed by atoms with Crippen LogP contribution in [0.15, 0.2) is 57.9 Å². The SMILES string of the molecule is Cn1ncc(NCCSCc2cccc3ccccc23)c(Br)c1=O. The average Bonchev–Trinajstić information content (AvgIpc) is 2.61. The van der Waals surface area contributed by atoms with Crippen molar-refractivity contribution in [2.75, 3.05) is 17.6 Å². The van der Waals surface area contributed by atoms with Crippen molar-refractivity contribution in [3.63, 3.8) is 0 Å². The lowest BCUT2D eigenvalue weighted by Gasteiger charge is -2.09. The van der Waals surface area contributed by atoms with Crippen LogP contribution in [0.25, 0.3) is 10.8 Å². The van der Waals surface area contributed by atoms with Crippen LogP contribution in [0.1, 0.15) is 5.56 Å². The monoisotopic (exact) mass is 403 g/mol. The molecule has 3 rings (SSSR count). The fourth-order valence-electron chi connectivity index (χ4n) is 2.49. The molecule has 1 aromatic heterocycles. The van der Waals surface area contributed by atoms with Crippen LogP contribution in [0.2, 0.25) is 0 Å². The van der Waals surface area contributed by atoms with Crippen LogP contribution >= 0.6 is 27.7 Å². The number of fused-ring (bicyclic) bond motifs is 1. The minimum Gasteiger partial charge on any atom is -0.382 e. The molecular formula is C18H18BrN3OS. The molecule has 0 aliphatic rings. The molecule has 3 aromatic rings. The zero-order valence-corrected chi connectivity index (χ0v) is 15.7. The van der Waals surface area contributed by atoms with Gasteiger partial charge < -0.3 is 5.32 Å². The number of rotatable bonds is 6. The third-order valence-corrected chi connectivity index (χ3v) is 5.55. The van der Waals surface area contributed by atoms with Gasteiger partial charge in [-0.05, 0) is 32.3 Å². The maximum Gasteiger partial charge on any atom is 0.282 e. The van der Waals surface area contributed by atoms with Gasteiger partial charge in [0.2, 0.25) is 0 Å². The third-order valence-electron chi connectivity index (χ3n) is 3.78. The predicted molar refractivity (Wildman–Crippen MR) is 106 cm³/mol. The number of thioether (sulfide) groups is 1. The van der Waals surface area contributed by atoms with Gasteiger partial charge in [0.05, 0.1) is 11.9 Å². The Labute approximate surface area is 153 Å². The number of aromatic nitrogens is 2. The number of benzene rings is 2. The van der Waals surface area contributed by atoms with Crippen LogP contribution < -0.4 is 10.9 Å². The van der Waals surface area contributed by atoms with E-state index in [1.807, 2.05) is 11.8 Å². The van der Waals surface area contributed by atoms with Crippen molar-refractivity contribution in [3.05, 3.63) is 69.1 Å². The van der Waals surface area contributed by atoms with E-state index < -0.39 is 0 Å². The molecule has 0 saturated heterocycles. The van der Waals surface area contributed by atoms with Crippen LogP contribution in [-0.2, 0) is 12.8 Å². The van der Waals surface area contributed by atoms with Gasteiger partial charge in [-0.1, -0.05) is 42.5 Å². The fraction of sp³-hybridized carbons (Fsp3) is 0.222. The van der Waals surface area contributed by atoms with Gasteiger partial charge in [-0.15, -0.1) is 0 Å². The van der Waals surface area contributed by atoms with E-state index in [1.165, 1.54) is 21.0 Å². The number of halogens is 1. The Bertz CT molecular complexity index is 905. The molecule has 0 amide bonds. The predicted octanol–water partition coefficient (Wildman–Crippen LogP) is 4.04. The van der Waals surface area contributed by atoms with E-state index in [1.54, 1.807) is 13.2 Å². The molecule has 0 unspecified atom stereocenters. The average molecular weight is 404 g/mol. The van der Waals surface area contributed by atoms with Crippen LogP contribution in [0, 0.1) is 0 Å². The Hall–Kier alpha value is -1.79. The Kier molecular flexibility index (Phi) is 5.58. The Balaban J connectivity index is 1.54. The Morgan fingerprint density at radius 3 is 2.88 bits per heavy atom. The molecule has 4 nitrogen and oxygen atoms in total. The molecule has 0 fully saturated rings. The van der Waals surface area contributed by atoms with Gasteiger partial charge in [-0.25, -0.2) is 4.68 Å². The standard InChI is InChI=1S/C18H18BrN3OS/c1-22-18(23)17(19)16(11-21-22)20-9-10-24-12-14-7-4-6-13-5-2-3-8-15(13)14/h2-8,11,20H,9-10,12H2,1H3.